The first-order valence-electron chi connectivity index (χ1n) is 6.23. The van der Waals surface area contributed by atoms with E-state index in [-0.39, 0.29) is 6.04 Å². The highest BCUT2D eigenvalue weighted by Crippen LogP contribution is 2.32. The molecule has 2 heterocycles. The maximum atomic E-state index is 5.90. The SMILES string of the molecule is CC(C)C1CCCN1C(CN)c1ccco1. The van der Waals surface area contributed by atoms with Gasteiger partial charge in [-0.2, -0.15) is 0 Å². The number of rotatable bonds is 4. The van der Waals surface area contributed by atoms with Crippen LogP contribution in [0.25, 0.3) is 0 Å². The van der Waals surface area contributed by atoms with Gasteiger partial charge in [-0.3, -0.25) is 4.90 Å². The van der Waals surface area contributed by atoms with Gasteiger partial charge >= 0.3 is 0 Å². The average molecular weight is 222 g/mol. The quantitative estimate of drug-likeness (QED) is 0.850. The van der Waals surface area contributed by atoms with Crippen molar-refractivity contribution in [2.24, 2.45) is 11.7 Å². The molecule has 16 heavy (non-hydrogen) atoms. The number of hydrogen-bond acceptors (Lipinski definition) is 3. The molecule has 0 saturated carbocycles. The van der Waals surface area contributed by atoms with E-state index in [0.717, 1.165) is 12.3 Å². The highest BCUT2D eigenvalue weighted by molar-refractivity contribution is 5.07. The van der Waals surface area contributed by atoms with Crippen LogP contribution in [-0.4, -0.2) is 24.0 Å². The summed E-state index contributed by atoms with van der Waals surface area (Å²) in [5.74, 6) is 1.70. The van der Waals surface area contributed by atoms with Gasteiger partial charge in [0.1, 0.15) is 5.76 Å². The monoisotopic (exact) mass is 222 g/mol. The minimum absolute atomic E-state index is 0.255. The van der Waals surface area contributed by atoms with E-state index in [9.17, 15) is 0 Å². The molecule has 1 aliphatic heterocycles. The molecule has 2 N–H and O–H groups in total. The number of hydrogen-bond donors (Lipinski definition) is 1. The lowest BCUT2D eigenvalue weighted by atomic mass is 10.0. The van der Waals surface area contributed by atoms with E-state index in [1.807, 2.05) is 12.1 Å². The Morgan fingerprint density at radius 2 is 2.38 bits per heavy atom. The molecule has 3 heteroatoms. The third kappa shape index (κ3) is 2.15. The van der Waals surface area contributed by atoms with E-state index in [4.69, 9.17) is 10.2 Å². The summed E-state index contributed by atoms with van der Waals surface area (Å²) in [5.41, 5.74) is 5.90. The molecule has 90 valence electrons. The van der Waals surface area contributed by atoms with Crippen molar-refractivity contribution in [3.63, 3.8) is 0 Å². The third-order valence-electron chi connectivity index (χ3n) is 3.61. The summed E-state index contributed by atoms with van der Waals surface area (Å²) in [6, 6.07) is 4.88. The highest BCUT2D eigenvalue weighted by atomic mass is 16.3. The molecule has 3 nitrogen and oxygen atoms in total. The Hall–Kier alpha value is -0.800. The first kappa shape index (κ1) is 11.7. The van der Waals surface area contributed by atoms with Gasteiger partial charge in [-0.05, 0) is 37.4 Å². The van der Waals surface area contributed by atoms with Crippen LogP contribution in [-0.2, 0) is 0 Å². The molecule has 0 radical (unpaired) electrons. The molecule has 1 aromatic rings. The maximum Gasteiger partial charge on any atom is 0.122 e. The number of nitrogens with two attached hydrogens (primary N) is 1. The Balaban J connectivity index is 2.15. The van der Waals surface area contributed by atoms with Gasteiger partial charge in [-0.25, -0.2) is 0 Å². The summed E-state index contributed by atoms with van der Waals surface area (Å²) in [4.78, 5) is 2.52. The summed E-state index contributed by atoms with van der Waals surface area (Å²) < 4.78 is 5.51. The lowest BCUT2D eigenvalue weighted by Gasteiger charge is -2.33. The van der Waals surface area contributed by atoms with Crippen molar-refractivity contribution >= 4 is 0 Å². The van der Waals surface area contributed by atoms with Gasteiger partial charge in [0.2, 0.25) is 0 Å². The summed E-state index contributed by atoms with van der Waals surface area (Å²) in [7, 11) is 0. The lowest BCUT2D eigenvalue weighted by Crippen LogP contribution is -2.39. The largest absolute Gasteiger partial charge is 0.468 e. The Labute approximate surface area is 97.6 Å². The molecule has 1 saturated heterocycles. The van der Waals surface area contributed by atoms with Gasteiger partial charge in [0, 0.05) is 12.6 Å². The van der Waals surface area contributed by atoms with Gasteiger partial charge in [0.05, 0.1) is 12.3 Å². The predicted molar refractivity (Wildman–Crippen MR) is 65.1 cm³/mol. The Morgan fingerprint density at radius 1 is 1.56 bits per heavy atom. The number of nitrogens with zero attached hydrogens (tertiary/aromatic N) is 1. The highest BCUT2D eigenvalue weighted by Gasteiger charge is 2.33. The fraction of sp³-hybridized carbons (Fsp3) is 0.692. The fourth-order valence-corrected chi connectivity index (χ4v) is 2.81. The van der Waals surface area contributed by atoms with Crippen molar-refractivity contribution < 1.29 is 4.42 Å². The Bertz CT molecular complexity index is 308. The van der Waals surface area contributed by atoms with E-state index >= 15 is 0 Å². The molecule has 1 fully saturated rings. The summed E-state index contributed by atoms with van der Waals surface area (Å²) >= 11 is 0. The van der Waals surface area contributed by atoms with Crippen molar-refractivity contribution in [2.45, 2.75) is 38.8 Å². The van der Waals surface area contributed by atoms with Crippen LogP contribution in [0.3, 0.4) is 0 Å². The van der Waals surface area contributed by atoms with E-state index in [1.54, 1.807) is 6.26 Å². The normalized spacial score (nSPS) is 24.1. The molecular weight excluding hydrogens is 200 g/mol. The third-order valence-corrected chi connectivity index (χ3v) is 3.61. The molecule has 0 aromatic carbocycles. The van der Waals surface area contributed by atoms with Crippen LogP contribution in [0, 0.1) is 5.92 Å². The van der Waals surface area contributed by atoms with Crippen LogP contribution in [0.15, 0.2) is 22.8 Å². The Morgan fingerprint density at radius 3 is 2.94 bits per heavy atom. The predicted octanol–water partition coefficient (Wildman–Crippen LogP) is 2.40. The minimum atomic E-state index is 0.255. The smallest absolute Gasteiger partial charge is 0.122 e. The summed E-state index contributed by atoms with van der Waals surface area (Å²) in [6.45, 7) is 6.36. The average Bonchev–Trinajstić information content (AvgIpc) is 2.88. The molecule has 2 unspecified atom stereocenters. The van der Waals surface area contributed by atoms with Crippen molar-refractivity contribution in [3.8, 4) is 0 Å². The van der Waals surface area contributed by atoms with E-state index < -0.39 is 0 Å². The van der Waals surface area contributed by atoms with Crippen molar-refractivity contribution in [3.05, 3.63) is 24.2 Å². The molecule has 1 aliphatic rings. The summed E-state index contributed by atoms with van der Waals surface area (Å²) in [5, 5.41) is 0. The molecule has 0 bridgehead atoms. The molecule has 0 spiro atoms. The second-order valence-corrected chi connectivity index (χ2v) is 4.96. The van der Waals surface area contributed by atoms with E-state index in [1.165, 1.54) is 12.8 Å². The van der Waals surface area contributed by atoms with E-state index in [2.05, 4.69) is 18.7 Å². The fourth-order valence-electron chi connectivity index (χ4n) is 2.81. The zero-order valence-corrected chi connectivity index (χ0v) is 10.2. The van der Waals surface area contributed by atoms with Crippen LogP contribution in [0.4, 0.5) is 0 Å². The lowest BCUT2D eigenvalue weighted by molar-refractivity contribution is 0.133. The maximum absolute atomic E-state index is 5.90. The van der Waals surface area contributed by atoms with Crippen molar-refractivity contribution in [1.82, 2.24) is 4.90 Å². The van der Waals surface area contributed by atoms with Crippen LogP contribution in [0.2, 0.25) is 0 Å². The second kappa shape index (κ2) is 5.02. The van der Waals surface area contributed by atoms with Gasteiger partial charge in [-0.15, -0.1) is 0 Å². The molecular formula is C13H22N2O. The first-order chi connectivity index (χ1) is 7.74. The number of likely N-dealkylation sites (tertiary alicyclic amines) is 1. The van der Waals surface area contributed by atoms with Gasteiger partial charge < -0.3 is 10.2 Å². The first-order valence-corrected chi connectivity index (χ1v) is 6.23. The summed E-state index contributed by atoms with van der Waals surface area (Å²) in [6.07, 6.45) is 4.30. The topological polar surface area (TPSA) is 42.4 Å². The van der Waals surface area contributed by atoms with Crippen molar-refractivity contribution in [1.29, 1.82) is 0 Å². The molecule has 2 rings (SSSR count). The van der Waals surface area contributed by atoms with Crippen LogP contribution in [0.5, 0.6) is 0 Å². The molecule has 1 aromatic heterocycles. The second-order valence-electron chi connectivity index (χ2n) is 4.96. The standard InChI is InChI=1S/C13H22N2O/c1-10(2)11-5-3-7-15(11)12(9-14)13-6-4-8-16-13/h4,6,8,10-12H,3,5,7,9,14H2,1-2H3. The zero-order chi connectivity index (χ0) is 11.5. The molecule has 0 amide bonds. The zero-order valence-electron chi connectivity index (χ0n) is 10.2. The van der Waals surface area contributed by atoms with Gasteiger partial charge in [-0.1, -0.05) is 13.8 Å². The molecule has 2 atom stereocenters. The van der Waals surface area contributed by atoms with Gasteiger partial charge in [0.15, 0.2) is 0 Å². The minimum Gasteiger partial charge on any atom is -0.468 e. The van der Waals surface area contributed by atoms with Crippen LogP contribution < -0.4 is 5.73 Å². The van der Waals surface area contributed by atoms with Crippen LogP contribution in [0.1, 0.15) is 38.5 Å². The van der Waals surface area contributed by atoms with Crippen LogP contribution >= 0.6 is 0 Å². The van der Waals surface area contributed by atoms with Gasteiger partial charge in [0.25, 0.3) is 0 Å². The van der Waals surface area contributed by atoms with Crippen molar-refractivity contribution in [2.75, 3.05) is 13.1 Å². The Kier molecular flexibility index (Phi) is 3.66. The molecule has 0 aliphatic carbocycles. The number of furan rings is 1. The van der Waals surface area contributed by atoms with E-state index in [0.29, 0.717) is 18.5 Å².